The first-order chi connectivity index (χ1) is 8.54. The minimum Gasteiger partial charge on any atom is -0.469 e. The van der Waals surface area contributed by atoms with Gasteiger partial charge >= 0.3 is 17.9 Å². The first-order valence-electron chi connectivity index (χ1n) is 5.50. The summed E-state index contributed by atoms with van der Waals surface area (Å²) in [6, 6.07) is 3.31. The van der Waals surface area contributed by atoms with Crippen molar-refractivity contribution in [1.82, 2.24) is 0 Å². The molecule has 0 atom stereocenters. The summed E-state index contributed by atoms with van der Waals surface area (Å²) in [5, 5.41) is 0. The van der Waals surface area contributed by atoms with Crippen LogP contribution in [0.15, 0.2) is 12.1 Å². The molecular formula is C13H12O5. The molecule has 5 nitrogen and oxygen atoms in total. The first kappa shape index (κ1) is 12.3. The SMILES string of the molecule is COC(=O)CCc1c(C)ccc2c1C(=O)OC2=O. The highest BCUT2D eigenvalue weighted by Crippen LogP contribution is 2.27. The Hall–Kier alpha value is -2.17. The summed E-state index contributed by atoms with van der Waals surface area (Å²) in [4.78, 5) is 34.1. The standard InChI is InChI=1S/C13H12O5/c1-7-3-4-9-11(13(16)18-12(9)15)8(7)5-6-10(14)17-2/h3-4H,5-6H2,1-2H3. The minimum absolute atomic E-state index is 0.162. The highest BCUT2D eigenvalue weighted by atomic mass is 16.6. The van der Waals surface area contributed by atoms with E-state index in [0.717, 1.165) is 5.56 Å². The Kier molecular flexibility index (Phi) is 3.14. The molecule has 0 bridgehead atoms. The maximum atomic E-state index is 11.6. The second kappa shape index (κ2) is 4.60. The summed E-state index contributed by atoms with van der Waals surface area (Å²) in [7, 11) is 1.31. The third kappa shape index (κ3) is 1.99. The van der Waals surface area contributed by atoms with Crippen LogP contribution < -0.4 is 0 Å². The number of rotatable bonds is 3. The van der Waals surface area contributed by atoms with E-state index >= 15 is 0 Å². The molecule has 94 valence electrons. The fourth-order valence-electron chi connectivity index (χ4n) is 2.00. The number of carbonyl (C=O) groups is 3. The Balaban J connectivity index is 2.38. The van der Waals surface area contributed by atoms with E-state index in [9.17, 15) is 14.4 Å². The van der Waals surface area contributed by atoms with Gasteiger partial charge in [-0.05, 0) is 30.5 Å². The van der Waals surface area contributed by atoms with Crippen LogP contribution in [0.25, 0.3) is 0 Å². The van der Waals surface area contributed by atoms with Gasteiger partial charge in [0.2, 0.25) is 0 Å². The van der Waals surface area contributed by atoms with E-state index in [-0.39, 0.29) is 23.5 Å². The molecule has 0 unspecified atom stereocenters. The fourth-order valence-corrected chi connectivity index (χ4v) is 2.00. The molecule has 1 aliphatic heterocycles. The van der Waals surface area contributed by atoms with Crippen LogP contribution in [0.4, 0.5) is 0 Å². The zero-order chi connectivity index (χ0) is 13.3. The van der Waals surface area contributed by atoms with Crippen LogP contribution >= 0.6 is 0 Å². The number of benzene rings is 1. The highest BCUT2D eigenvalue weighted by Gasteiger charge is 2.32. The zero-order valence-corrected chi connectivity index (χ0v) is 10.1. The average Bonchev–Trinajstić information content (AvgIpc) is 2.63. The van der Waals surface area contributed by atoms with Crippen molar-refractivity contribution < 1.29 is 23.9 Å². The van der Waals surface area contributed by atoms with E-state index in [1.807, 2.05) is 6.92 Å². The lowest BCUT2D eigenvalue weighted by Crippen LogP contribution is -2.07. The van der Waals surface area contributed by atoms with Crippen LogP contribution in [0.5, 0.6) is 0 Å². The van der Waals surface area contributed by atoms with Gasteiger partial charge < -0.3 is 9.47 Å². The van der Waals surface area contributed by atoms with Crippen molar-refractivity contribution in [2.45, 2.75) is 19.8 Å². The summed E-state index contributed by atoms with van der Waals surface area (Å²) >= 11 is 0. The lowest BCUT2D eigenvalue weighted by Gasteiger charge is -2.08. The molecule has 0 N–H and O–H groups in total. The van der Waals surface area contributed by atoms with Gasteiger partial charge in [0.05, 0.1) is 18.2 Å². The van der Waals surface area contributed by atoms with Crippen molar-refractivity contribution in [2.24, 2.45) is 0 Å². The molecule has 1 aromatic rings. The predicted molar refractivity (Wildman–Crippen MR) is 61.3 cm³/mol. The van der Waals surface area contributed by atoms with Gasteiger partial charge in [-0.25, -0.2) is 9.59 Å². The molecule has 0 aromatic heterocycles. The van der Waals surface area contributed by atoms with E-state index in [2.05, 4.69) is 9.47 Å². The van der Waals surface area contributed by atoms with E-state index in [1.54, 1.807) is 12.1 Å². The fraction of sp³-hybridized carbons (Fsp3) is 0.308. The number of esters is 3. The monoisotopic (exact) mass is 248 g/mol. The van der Waals surface area contributed by atoms with Crippen molar-refractivity contribution in [2.75, 3.05) is 7.11 Å². The molecule has 0 saturated heterocycles. The Bertz CT molecular complexity index is 545. The van der Waals surface area contributed by atoms with Crippen molar-refractivity contribution in [1.29, 1.82) is 0 Å². The molecule has 18 heavy (non-hydrogen) atoms. The van der Waals surface area contributed by atoms with Crippen LogP contribution in [-0.2, 0) is 20.7 Å². The quantitative estimate of drug-likeness (QED) is 0.597. The van der Waals surface area contributed by atoms with Crippen LogP contribution in [0, 0.1) is 6.92 Å². The number of aryl methyl sites for hydroxylation is 1. The summed E-state index contributed by atoms with van der Waals surface area (Å²) in [5.74, 6) is -1.63. The molecule has 0 amide bonds. The number of methoxy groups -OCH3 is 1. The Morgan fingerprint density at radius 3 is 2.67 bits per heavy atom. The number of cyclic esters (lactones) is 2. The minimum atomic E-state index is -0.640. The second-order valence-electron chi connectivity index (χ2n) is 4.04. The Morgan fingerprint density at radius 2 is 2.00 bits per heavy atom. The lowest BCUT2D eigenvalue weighted by atomic mass is 9.94. The third-order valence-corrected chi connectivity index (χ3v) is 2.96. The summed E-state index contributed by atoms with van der Waals surface area (Å²) < 4.78 is 9.12. The maximum absolute atomic E-state index is 11.6. The molecule has 1 aromatic carbocycles. The summed E-state index contributed by atoms with van der Waals surface area (Å²) in [5.41, 5.74) is 2.08. The molecule has 0 saturated carbocycles. The molecule has 2 rings (SSSR count). The first-order valence-corrected chi connectivity index (χ1v) is 5.50. The topological polar surface area (TPSA) is 69.7 Å². The Labute approximate surface area is 104 Å². The molecule has 0 fully saturated rings. The lowest BCUT2D eigenvalue weighted by molar-refractivity contribution is -0.140. The van der Waals surface area contributed by atoms with Gasteiger partial charge in [-0.3, -0.25) is 4.79 Å². The largest absolute Gasteiger partial charge is 0.469 e. The number of hydrogen-bond acceptors (Lipinski definition) is 5. The third-order valence-electron chi connectivity index (χ3n) is 2.96. The summed E-state index contributed by atoms with van der Waals surface area (Å²) in [6.45, 7) is 1.82. The average molecular weight is 248 g/mol. The van der Waals surface area contributed by atoms with Gasteiger partial charge in [0, 0.05) is 6.42 Å². The molecule has 0 radical (unpaired) electrons. The summed E-state index contributed by atoms with van der Waals surface area (Å²) in [6.07, 6.45) is 0.513. The van der Waals surface area contributed by atoms with Gasteiger partial charge in [-0.1, -0.05) is 6.07 Å². The van der Waals surface area contributed by atoms with Gasteiger partial charge in [0.15, 0.2) is 0 Å². The molecule has 5 heteroatoms. The van der Waals surface area contributed by atoms with Gasteiger partial charge in [0.1, 0.15) is 0 Å². The zero-order valence-electron chi connectivity index (χ0n) is 10.1. The van der Waals surface area contributed by atoms with Crippen molar-refractivity contribution >= 4 is 17.9 Å². The van der Waals surface area contributed by atoms with Gasteiger partial charge in [-0.2, -0.15) is 0 Å². The molecule has 1 heterocycles. The van der Waals surface area contributed by atoms with Crippen LogP contribution in [0.1, 0.15) is 38.3 Å². The number of ether oxygens (including phenoxy) is 2. The van der Waals surface area contributed by atoms with Crippen molar-refractivity contribution in [3.05, 3.63) is 34.4 Å². The van der Waals surface area contributed by atoms with Crippen LogP contribution in [-0.4, -0.2) is 25.0 Å². The normalized spacial score (nSPS) is 13.2. The van der Waals surface area contributed by atoms with Crippen LogP contribution in [0.3, 0.4) is 0 Å². The Morgan fingerprint density at radius 1 is 1.28 bits per heavy atom. The van der Waals surface area contributed by atoms with Crippen molar-refractivity contribution in [3.8, 4) is 0 Å². The predicted octanol–water partition coefficient (Wildman–Crippen LogP) is 1.41. The van der Waals surface area contributed by atoms with E-state index in [1.165, 1.54) is 7.11 Å². The highest BCUT2D eigenvalue weighted by molar-refractivity contribution is 6.15. The number of fused-ring (bicyclic) bond motifs is 1. The second-order valence-corrected chi connectivity index (χ2v) is 4.04. The molecule has 0 spiro atoms. The van der Waals surface area contributed by atoms with E-state index in [4.69, 9.17) is 0 Å². The molecular weight excluding hydrogens is 236 g/mol. The number of carbonyl (C=O) groups excluding carboxylic acids is 3. The van der Waals surface area contributed by atoms with E-state index < -0.39 is 11.9 Å². The maximum Gasteiger partial charge on any atom is 0.347 e. The molecule has 0 aliphatic carbocycles. The number of hydrogen-bond donors (Lipinski definition) is 0. The smallest absolute Gasteiger partial charge is 0.347 e. The van der Waals surface area contributed by atoms with E-state index in [0.29, 0.717) is 12.0 Å². The van der Waals surface area contributed by atoms with Crippen molar-refractivity contribution in [3.63, 3.8) is 0 Å². The van der Waals surface area contributed by atoms with Gasteiger partial charge in [0.25, 0.3) is 0 Å². The molecule has 1 aliphatic rings. The van der Waals surface area contributed by atoms with Crippen LogP contribution in [0.2, 0.25) is 0 Å². The van der Waals surface area contributed by atoms with Gasteiger partial charge in [-0.15, -0.1) is 0 Å².